The van der Waals surface area contributed by atoms with E-state index < -0.39 is 0 Å². The van der Waals surface area contributed by atoms with E-state index in [-0.39, 0.29) is 0 Å². The Morgan fingerprint density at radius 3 is 1.68 bits per heavy atom. The fourth-order valence-electron chi connectivity index (χ4n) is 6.63. The minimum atomic E-state index is 0.816. The average Bonchev–Trinajstić information content (AvgIpc) is 3.09. The molecule has 0 bridgehead atoms. The Hall–Kier alpha value is -3.68. The van der Waals surface area contributed by atoms with Gasteiger partial charge in [0.05, 0.1) is 0 Å². The van der Waals surface area contributed by atoms with E-state index in [1.165, 1.54) is 132 Å². The van der Waals surface area contributed by atoms with Crippen molar-refractivity contribution in [3.8, 4) is 0 Å². The Morgan fingerprint density at radius 1 is 0.574 bits per heavy atom. The highest BCUT2D eigenvalue weighted by atomic mass is 14.8. The lowest BCUT2D eigenvalue weighted by molar-refractivity contribution is 0.597. The molecule has 0 heterocycles. The first kappa shape index (κ1) is 36.2. The number of aryl methyl sites for hydroxylation is 2. The Labute approximate surface area is 286 Å². The number of unbranched alkanes of at least 4 members (excludes halogenated alkanes) is 9. The monoisotopic (exact) mass is 625 g/mol. The molecule has 47 heavy (non-hydrogen) atoms. The number of hydrogen-bond acceptors (Lipinski definition) is 1. The van der Waals surface area contributed by atoms with Crippen LogP contribution in [0, 0.1) is 0 Å². The van der Waals surface area contributed by atoms with Crippen molar-refractivity contribution in [1.29, 1.82) is 0 Å². The van der Waals surface area contributed by atoms with Crippen molar-refractivity contribution in [2.75, 3.05) is 13.6 Å². The van der Waals surface area contributed by atoms with Gasteiger partial charge in [-0.3, -0.25) is 0 Å². The Morgan fingerprint density at radius 2 is 1.11 bits per heavy atom. The molecule has 0 unspecified atom stereocenters. The predicted octanol–water partition coefficient (Wildman–Crippen LogP) is 12.6. The van der Waals surface area contributed by atoms with Crippen molar-refractivity contribution in [2.24, 2.45) is 0 Å². The lowest BCUT2D eigenvalue weighted by atomic mass is 9.91. The molecule has 0 aliphatic carbocycles. The van der Waals surface area contributed by atoms with Gasteiger partial charge in [0.2, 0.25) is 0 Å². The van der Waals surface area contributed by atoms with Gasteiger partial charge in [-0.2, -0.15) is 0 Å². The van der Waals surface area contributed by atoms with Gasteiger partial charge in [0.25, 0.3) is 0 Å². The molecule has 1 heteroatoms. The zero-order valence-corrected chi connectivity index (χ0v) is 29.5. The Kier molecular flexibility index (Phi) is 15.3. The van der Waals surface area contributed by atoms with Gasteiger partial charge in [0.15, 0.2) is 0 Å². The maximum absolute atomic E-state index is 4.48. The van der Waals surface area contributed by atoms with Crippen LogP contribution >= 0.6 is 0 Å². The second-order valence-corrected chi connectivity index (χ2v) is 13.5. The van der Waals surface area contributed by atoms with Crippen molar-refractivity contribution in [3.05, 3.63) is 138 Å². The number of hydrogen-bond donors (Lipinski definition) is 1. The van der Waals surface area contributed by atoms with Crippen LogP contribution < -0.4 is 5.32 Å². The molecule has 0 aromatic heterocycles. The zero-order valence-electron chi connectivity index (χ0n) is 29.5. The Bertz CT molecular complexity index is 1550. The second-order valence-electron chi connectivity index (χ2n) is 13.5. The summed E-state index contributed by atoms with van der Waals surface area (Å²) >= 11 is 0. The molecule has 4 aromatic rings. The van der Waals surface area contributed by atoms with Gasteiger partial charge in [-0.1, -0.05) is 157 Å². The highest BCUT2D eigenvalue weighted by molar-refractivity contribution is 5.88. The molecule has 0 atom stereocenters. The molecule has 4 rings (SSSR count). The molecule has 0 fully saturated rings. The highest BCUT2D eigenvalue weighted by Gasteiger charge is 2.09. The number of rotatable bonds is 22. The molecule has 0 saturated carbocycles. The Balaban J connectivity index is 1.31. The fourth-order valence-corrected chi connectivity index (χ4v) is 6.63. The molecule has 0 aliphatic rings. The van der Waals surface area contributed by atoms with Crippen LogP contribution in [0.2, 0.25) is 0 Å². The summed E-state index contributed by atoms with van der Waals surface area (Å²) in [5.74, 6) is 0. The first-order chi connectivity index (χ1) is 23.0. The van der Waals surface area contributed by atoms with Crippen LogP contribution in [0.5, 0.6) is 0 Å². The molecule has 0 saturated heterocycles. The molecular formula is C46H59N. The van der Waals surface area contributed by atoms with Gasteiger partial charge in [-0.25, -0.2) is 0 Å². The van der Waals surface area contributed by atoms with Crippen LogP contribution in [-0.2, 0) is 25.7 Å². The molecular weight excluding hydrogens is 567 g/mol. The van der Waals surface area contributed by atoms with Gasteiger partial charge in [-0.15, -0.1) is 0 Å². The average molecular weight is 626 g/mol. The summed E-state index contributed by atoms with van der Waals surface area (Å²) < 4.78 is 0. The number of allylic oxidation sites excluding steroid dienone is 2. The van der Waals surface area contributed by atoms with Gasteiger partial charge < -0.3 is 5.32 Å². The largest absolute Gasteiger partial charge is 0.320 e. The van der Waals surface area contributed by atoms with Crippen molar-refractivity contribution in [3.63, 3.8) is 0 Å². The van der Waals surface area contributed by atoms with Crippen LogP contribution in [-0.4, -0.2) is 13.6 Å². The number of nitrogens with one attached hydrogen (secondary N) is 1. The van der Waals surface area contributed by atoms with E-state index in [4.69, 9.17) is 0 Å². The molecule has 1 N–H and O–H groups in total. The molecule has 0 radical (unpaired) electrons. The minimum absolute atomic E-state index is 0.816. The maximum Gasteiger partial charge on any atom is -0.00196 e. The molecule has 4 aromatic carbocycles. The molecule has 0 spiro atoms. The molecule has 0 aliphatic heterocycles. The first-order valence-electron chi connectivity index (χ1n) is 18.4. The van der Waals surface area contributed by atoms with Crippen molar-refractivity contribution in [2.45, 2.75) is 103 Å². The quantitative estimate of drug-likeness (QED) is 0.0857. The van der Waals surface area contributed by atoms with Gasteiger partial charge in [0, 0.05) is 0 Å². The summed E-state index contributed by atoms with van der Waals surface area (Å²) in [4.78, 5) is 0. The van der Waals surface area contributed by atoms with Crippen molar-refractivity contribution >= 4 is 28.0 Å². The summed E-state index contributed by atoms with van der Waals surface area (Å²) in [5.41, 5.74) is 11.4. The van der Waals surface area contributed by atoms with E-state index in [0.717, 1.165) is 31.4 Å². The summed E-state index contributed by atoms with van der Waals surface area (Å²) in [5, 5.41) is 5.74. The van der Waals surface area contributed by atoms with E-state index in [1.54, 1.807) is 0 Å². The lowest BCUT2D eigenvalue weighted by Crippen LogP contribution is -2.06. The smallest absolute Gasteiger partial charge is 0.00196 e. The van der Waals surface area contributed by atoms with Crippen LogP contribution in [0.15, 0.2) is 98.6 Å². The lowest BCUT2D eigenvalue weighted by Gasteiger charge is -2.13. The molecule has 1 nitrogen and oxygen atoms in total. The van der Waals surface area contributed by atoms with Crippen LogP contribution in [0.25, 0.3) is 28.0 Å². The SMILES string of the molecule is C=Cc1cc2cc(CC(=C)c3ccc(CCCCCCCC)cc3)ccc2cc1CC(=C)c1ccc(CCCCCCCNC)cc1. The van der Waals surface area contributed by atoms with Gasteiger partial charge >= 0.3 is 0 Å². The van der Waals surface area contributed by atoms with Crippen LogP contribution in [0.4, 0.5) is 0 Å². The van der Waals surface area contributed by atoms with E-state index in [1.807, 2.05) is 13.1 Å². The van der Waals surface area contributed by atoms with Crippen LogP contribution in [0.3, 0.4) is 0 Å². The number of benzene rings is 4. The summed E-state index contributed by atoms with van der Waals surface area (Å²) in [6, 6.07) is 29.6. The van der Waals surface area contributed by atoms with Gasteiger partial charge in [-0.05, 0) is 125 Å². The summed E-state index contributed by atoms with van der Waals surface area (Å²) in [6.45, 7) is 16.5. The number of fused-ring (bicyclic) bond motifs is 1. The van der Waals surface area contributed by atoms with E-state index in [2.05, 4.69) is 111 Å². The minimum Gasteiger partial charge on any atom is -0.320 e. The normalized spacial score (nSPS) is 11.2. The van der Waals surface area contributed by atoms with Crippen molar-refractivity contribution in [1.82, 2.24) is 5.32 Å². The second kappa shape index (κ2) is 19.9. The third-order valence-electron chi connectivity index (χ3n) is 9.64. The summed E-state index contributed by atoms with van der Waals surface area (Å²) in [7, 11) is 2.03. The van der Waals surface area contributed by atoms with Gasteiger partial charge in [0.1, 0.15) is 0 Å². The van der Waals surface area contributed by atoms with Crippen molar-refractivity contribution < 1.29 is 0 Å². The topological polar surface area (TPSA) is 12.0 Å². The van der Waals surface area contributed by atoms with E-state index >= 15 is 0 Å². The summed E-state index contributed by atoms with van der Waals surface area (Å²) in [6.07, 6.45) is 20.6. The highest BCUT2D eigenvalue weighted by Crippen LogP contribution is 2.29. The first-order valence-corrected chi connectivity index (χ1v) is 18.4. The predicted molar refractivity (Wildman–Crippen MR) is 210 cm³/mol. The third-order valence-corrected chi connectivity index (χ3v) is 9.64. The fraction of sp³-hybridized carbons (Fsp3) is 0.391. The van der Waals surface area contributed by atoms with E-state index in [0.29, 0.717) is 0 Å². The van der Waals surface area contributed by atoms with Crippen LogP contribution in [0.1, 0.15) is 116 Å². The molecule has 248 valence electrons. The van der Waals surface area contributed by atoms with E-state index in [9.17, 15) is 0 Å². The third kappa shape index (κ3) is 11.8. The molecule has 0 amide bonds. The maximum atomic E-state index is 4.48. The zero-order chi connectivity index (χ0) is 33.3. The standard InChI is InChI=1S/C46H59N/c1-6-8-9-10-12-15-18-38-20-25-42(26-21-38)36(3)31-40-24-29-44-35-45(41(7-2)34-46(44)33-40)32-37(4)43-27-22-39(23-28-43)19-16-13-11-14-17-30-47-5/h7,20-29,33-35,47H,2-4,6,8-19,30-32H2,1,5H3.